The number of carbonyl (C=O) groups is 1. The van der Waals surface area contributed by atoms with E-state index in [2.05, 4.69) is 34.9 Å². The molecule has 30 heavy (non-hydrogen) atoms. The minimum absolute atomic E-state index is 0.0631. The van der Waals surface area contributed by atoms with Gasteiger partial charge in [0.1, 0.15) is 5.75 Å². The van der Waals surface area contributed by atoms with Crippen molar-refractivity contribution in [3.05, 3.63) is 58.7 Å². The van der Waals surface area contributed by atoms with Crippen molar-refractivity contribution in [3.8, 4) is 5.75 Å². The Labute approximate surface area is 179 Å². The summed E-state index contributed by atoms with van der Waals surface area (Å²) in [5.74, 6) is 0.646. The first-order valence-electron chi connectivity index (χ1n) is 10.5. The Morgan fingerprint density at radius 1 is 1.27 bits per heavy atom. The Morgan fingerprint density at radius 3 is 2.87 bits per heavy atom. The molecular formula is C24H23ClN2O3. The van der Waals surface area contributed by atoms with Gasteiger partial charge in [0.05, 0.1) is 23.4 Å². The lowest BCUT2D eigenvalue weighted by molar-refractivity contribution is -0.198. The number of hydrogen-bond acceptors (Lipinski definition) is 4. The highest BCUT2D eigenvalue weighted by Gasteiger charge is 2.70. The molecule has 0 saturated heterocycles. The molecule has 2 aromatic carbocycles. The highest BCUT2D eigenvalue weighted by atomic mass is 35.5. The van der Waals surface area contributed by atoms with Crippen molar-refractivity contribution in [2.45, 2.75) is 56.8 Å². The molecule has 1 N–H and O–H groups in total. The zero-order chi connectivity index (χ0) is 20.7. The van der Waals surface area contributed by atoms with Gasteiger partial charge in [-0.15, -0.1) is 0 Å². The Bertz CT molecular complexity index is 1180. The van der Waals surface area contributed by atoms with Crippen LogP contribution in [0.1, 0.15) is 49.3 Å². The number of aromatic nitrogens is 2. The van der Waals surface area contributed by atoms with E-state index in [4.69, 9.17) is 16.3 Å². The van der Waals surface area contributed by atoms with Crippen molar-refractivity contribution in [2.75, 3.05) is 0 Å². The normalized spacial score (nSPS) is 31.4. The van der Waals surface area contributed by atoms with E-state index in [9.17, 15) is 9.90 Å². The number of ketones is 1. The van der Waals surface area contributed by atoms with Crippen LogP contribution < -0.4 is 4.74 Å². The first-order chi connectivity index (χ1) is 14.4. The summed E-state index contributed by atoms with van der Waals surface area (Å²) in [5, 5.41) is 16.9. The summed E-state index contributed by atoms with van der Waals surface area (Å²) in [6.45, 7) is 2.09. The number of ether oxygens (including phenoxy) is 1. The molecule has 0 unspecified atom stereocenters. The van der Waals surface area contributed by atoms with Crippen molar-refractivity contribution in [2.24, 2.45) is 5.41 Å². The summed E-state index contributed by atoms with van der Waals surface area (Å²) in [4.78, 5) is 13.0. The van der Waals surface area contributed by atoms with E-state index in [1.807, 2.05) is 6.20 Å². The SMILES string of the molecule is Cc1ccc2c(cnn2C23CC(CC(=O)[C@H]4C[C@@H](O)c5cc(Cl)ccc5O4)(C2)C3)c1. The molecule has 1 aromatic heterocycles. The van der Waals surface area contributed by atoms with Gasteiger partial charge in [-0.25, -0.2) is 0 Å². The standard InChI is InChI=1S/C24H23ClN2O3/c1-14-2-4-18-15(6-14)10-26-27(18)24-11-23(12-24,13-24)9-20(29)22-8-19(28)17-7-16(25)3-5-21(17)30-22/h2-7,10,19,22,28H,8-9,11-13H2,1H3/t19-,22-,23?,24?/m1/s1. The molecular weight excluding hydrogens is 400 g/mol. The molecule has 0 spiro atoms. The number of Topliss-reactive ketones (excluding diaryl/α,β-unsaturated/α-hetero) is 1. The second kappa shape index (κ2) is 6.08. The van der Waals surface area contributed by atoms with Gasteiger partial charge in [0.25, 0.3) is 0 Å². The Kier molecular flexibility index (Phi) is 3.73. The number of halogens is 1. The maximum Gasteiger partial charge on any atom is 0.173 e. The number of nitrogens with zero attached hydrogens (tertiary/aromatic N) is 2. The van der Waals surface area contributed by atoms with E-state index in [0.29, 0.717) is 22.8 Å². The minimum Gasteiger partial charge on any atom is -0.482 e. The number of fused-ring (bicyclic) bond motifs is 2. The summed E-state index contributed by atoms with van der Waals surface area (Å²) in [6, 6.07) is 11.6. The highest BCUT2D eigenvalue weighted by molar-refractivity contribution is 6.30. The molecule has 1 aliphatic heterocycles. The molecule has 4 aliphatic rings. The topological polar surface area (TPSA) is 64.4 Å². The van der Waals surface area contributed by atoms with Gasteiger partial charge in [0, 0.05) is 28.8 Å². The molecule has 3 aliphatic carbocycles. The molecule has 3 aromatic rings. The average molecular weight is 423 g/mol. The van der Waals surface area contributed by atoms with E-state index < -0.39 is 12.2 Å². The number of aliphatic hydroxyl groups excluding tert-OH is 1. The van der Waals surface area contributed by atoms with E-state index in [1.54, 1.807) is 18.2 Å². The van der Waals surface area contributed by atoms with Gasteiger partial charge >= 0.3 is 0 Å². The van der Waals surface area contributed by atoms with Crippen LogP contribution in [0.4, 0.5) is 0 Å². The molecule has 2 heterocycles. The van der Waals surface area contributed by atoms with Crippen molar-refractivity contribution < 1.29 is 14.6 Å². The molecule has 2 bridgehead atoms. The fraction of sp³-hybridized carbons (Fsp3) is 0.417. The van der Waals surface area contributed by atoms with Gasteiger partial charge in [-0.1, -0.05) is 23.2 Å². The van der Waals surface area contributed by atoms with E-state index >= 15 is 0 Å². The zero-order valence-corrected chi connectivity index (χ0v) is 17.5. The quantitative estimate of drug-likeness (QED) is 0.660. The Balaban J connectivity index is 1.15. The first-order valence-corrected chi connectivity index (χ1v) is 10.9. The summed E-state index contributed by atoms with van der Waals surface area (Å²) >= 11 is 6.02. The molecule has 154 valence electrons. The van der Waals surface area contributed by atoms with Gasteiger partial charge in [0.15, 0.2) is 11.9 Å². The summed E-state index contributed by atoms with van der Waals surface area (Å²) in [6.07, 6.45) is 4.38. The van der Waals surface area contributed by atoms with Gasteiger partial charge in [-0.3, -0.25) is 9.48 Å². The summed E-state index contributed by atoms with van der Waals surface area (Å²) in [7, 11) is 0. The smallest absolute Gasteiger partial charge is 0.173 e. The van der Waals surface area contributed by atoms with E-state index in [0.717, 1.165) is 19.3 Å². The molecule has 3 saturated carbocycles. The maximum absolute atomic E-state index is 13.0. The van der Waals surface area contributed by atoms with Crippen molar-refractivity contribution in [3.63, 3.8) is 0 Å². The molecule has 0 radical (unpaired) electrons. The lowest BCUT2D eigenvalue weighted by Gasteiger charge is -2.70. The predicted molar refractivity (Wildman–Crippen MR) is 114 cm³/mol. The monoisotopic (exact) mass is 422 g/mol. The van der Waals surface area contributed by atoms with Crippen LogP contribution >= 0.6 is 11.6 Å². The average Bonchev–Trinajstić information content (AvgIpc) is 3.06. The zero-order valence-electron chi connectivity index (χ0n) is 16.8. The Morgan fingerprint density at radius 2 is 2.07 bits per heavy atom. The predicted octanol–water partition coefficient (Wildman–Crippen LogP) is 4.72. The number of rotatable bonds is 4. The molecule has 6 heteroatoms. The third kappa shape index (κ3) is 2.58. The van der Waals surface area contributed by atoms with Crippen LogP contribution in [0.15, 0.2) is 42.6 Å². The summed E-state index contributed by atoms with van der Waals surface area (Å²) < 4.78 is 8.11. The molecule has 7 rings (SSSR count). The maximum atomic E-state index is 13.0. The van der Waals surface area contributed by atoms with Crippen LogP contribution in [-0.4, -0.2) is 26.8 Å². The van der Waals surface area contributed by atoms with Gasteiger partial charge < -0.3 is 9.84 Å². The number of carbonyl (C=O) groups excluding carboxylic acids is 1. The Hall–Kier alpha value is -2.37. The lowest BCUT2D eigenvalue weighted by atomic mass is 9.38. The van der Waals surface area contributed by atoms with Crippen molar-refractivity contribution in [1.82, 2.24) is 9.78 Å². The van der Waals surface area contributed by atoms with Crippen molar-refractivity contribution >= 4 is 28.3 Å². The van der Waals surface area contributed by atoms with E-state index in [-0.39, 0.29) is 23.2 Å². The van der Waals surface area contributed by atoms with Crippen LogP contribution in [0.2, 0.25) is 5.02 Å². The number of benzene rings is 2. The largest absolute Gasteiger partial charge is 0.482 e. The number of aryl methyl sites for hydroxylation is 1. The van der Waals surface area contributed by atoms with Crippen LogP contribution in [0.3, 0.4) is 0 Å². The van der Waals surface area contributed by atoms with Crippen molar-refractivity contribution in [1.29, 1.82) is 0 Å². The molecule has 3 fully saturated rings. The highest BCUT2D eigenvalue weighted by Crippen LogP contribution is 2.73. The minimum atomic E-state index is -0.723. The van der Waals surface area contributed by atoms with Gasteiger partial charge in [0.2, 0.25) is 0 Å². The van der Waals surface area contributed by atoms with Crippen LogP contribution in [0, 0.1) is 12.3 Å². The fourth-order valence-corrected chi connectivity index (χ4v) is 6.16. The molecule has 2 atom stereocenters. The van der Waals surface area contributed by atoms with E-state index in [1.165, 1.54) is 16.5 Å². The van der Waals surface area contributed by atoms with Gasteiger partial charge in [-0.2, -0.15) is 5.10 Å². The first kappa shape index (κ1) is 18.4. The second-order valence-corrected chi connectivity index (χ2v) is 9.99. The molecule has 0 amide bonds. The lowest BCUT2D eigenvalue weighted by Crippen LogP contribution is -2.68. The molecule has 5 nitrogen and oxygen atoms in total. The third-order valence-electron chi connectivity index (χ3n) is 7.23. The van der Waals surface area contributed by atoms with Crippen LogP contribution in [0.5, 0.6) is 5.75 Å². The van der Waals surface area contributed by atoms with Crippen LogP contribution in [-0.2, 0) is 10.3 Å². The third-order valence-corrected chi connectivity index (χ3v) is 7.47. The van der Waals surface area contributed by atoms with Gasteiger partial charge in [-0.05, 0) is 61.9 Å². The summed E-state index contributed by atoms with van der Waals surface area (Å²) in [5.41, 5.74) is 3.20. The fourth-order valence-electron chi connectivity index (χ4n) is 5.98. The second-order valence-electron chi connectivity index (χ2n) is 9.56. The van der Waals surface area contributed by atoms with Crippen LogP contribution in [0.25, 0.3) is 10.9 Å². The number of aliphatic hydroxyl groups is 1. The number of hydrogen-bond donors (Lipinski definition) is 1.